The van der Waals surface area contributed by atoms with Crippen molar-refractivity contribution in [3.05, 3.63) is 65.9 Å². The standard InChI is InChI=1S/C34H47NO7/c1-6-7-8-9-10-11-14-21-39-28-19-17-27(18-20-28)33(37)35-29-15-12-13-16-30(29)42-31(34(38)41-24-26(4)5)22-32(36)40-23-25(2)3/h12-13,15-20,22,25-26H,6-11,14,21,23-24H2,1-5H3,(H,35,37)/b31-22-. The van der Waals surface area contributed by atoms with Gasteiger partial charge in [-0.15, -0.1) is 0 Å². The summed E-state index contributed by atoms with van der Waals surface area (Å²) in [4.78, 5) is 38.1. The van der Waals surface area contributed by atoms with Gasteiger partial charge in [0, 0.05) is 5.56 Å². The average molecular weight is 582 g/mol. The summed E-state index contributed by atoms with van der Waals surface area (Å²) in [6.45, 7) is 10.8. The number of anilines is 1. The summed E-state index contributed by atoms with van der Waals surface area (Å²) < 4.78 is 22.1. The van der Waals surface area contributed by atoms with Crippen LogP contribution in [-0.2, 0) is 19.1 Å². The van der Waals surface area contributed by atoms with Crippen molar-refractivity contribution in [2.45, 2.75) is 79.6 Å². The van der Waals surface area contributed by atoms with Crippen LogP contribution in [0.2, 0.25) is 0 Å². The Morgan fingerprint density at radius 3 is 2.07 bits per heavy atom. The van der Waals surface area contributed by atoms with Crippen molar-refractivity contribution in [1.29, 1.82) is 0 Å². The smallest absolute Gasteiger partial charge is 0.374 e. The fraction of sp³-hybridized carbons (Fsp3) is 0.500. The van der Waals surface area contributed by atoms with E-state index in [1.165, 1.54) is 32.1 Å². The Kier molecular flexibility index (Phi) is 15.8. The number of hydrogen-bond donors (Lipinski definition) is 1. The molecule has 0 saturated heterocycles. The minimum Gasteiger partial charge on any atom is -0.494 e. The topological polar surface area (TPSA) is 100 Å². The molecule has 2 aromatic carbocycles. The maximum absolute atomic E-state index is 13.0. The highest BCUT2D eigenvalue weighted by Crippen LogP contribution is 2.27. The number of esters is 2. The zero-order valence-electron chi connectivity index (χ0n) is 25.8. The molecule has 230 valence electrons. The van der Waals surface area contributed by atoms with E-state index >= 15 is 0 Å². The molecule has 8 heteroatoms. The van der Waals surface area contributed by atoms with Crippen LogP contribution in [0.5, 0.6) is 11.5 Å². The highest BCUT2D eigenvalue weighted by atomic mass is 16.6. The van der Waals surface area contributed by atoms with Gasteiger partial charge in [-0.05, 0) is 54.7 Å². The molecule has 0 aliphatic heterocycles. The van der Waals surface area contributed by atoms with Gasteiger partial charge in [0.2, 0.25) is 5.76 Å². The second-order valence-electron chi connectivity index (χ2n) is 11.1. The Labute approximate surface area is 250 Å². The number of amides is 1. The molecule has 42 heavy (non-hydrogen) atoms. The Morgan fingerprint density at radius 2 is 1.40 bits per heavy atom. The van der Waals surface area contributed by atoms with Crippen molar-refractivity contribution in [2.24, 2.45) is 11.8 Å². The van der Waals surface area contributed by atoms with E-state index in [2.05, 4.69) is 12.2 Å². The van der Waals surface area contributed by atoms with Crippen LogP contribution < -0.4 is 14.8 Å². The second kappa shape index (κ2) is 19.3. The van der Waals surface area contributed by atoms with Crippen LogP contribution >= 0.6 is 0 Å². The summed E-state index contributed by atoms with van der Waals surface area (Å²) in [5.41, 5.74) is 0.748. The van der Waals surface area contributed by atoms with E-state index in [-0.39, 0.29) is 42.5 Å². The summed E-state index contributed by atoms with van der Waals surface area (Å²) in [5, 5.41) is 2.81. The molecule has 2 aromatic rings. The van der Waals surface area contributed by atoms with Gasteiger partial charge in [-0.25, -0.2) is 9.59 Å². The van der Waals surface area contributed by atoms with Crippen LogP contribution in [0, 0.1) is 11.8 Å². The second-order valence-corrected chi connectivity index (χ2v) is 11.1. The van der Waals surface area contributed by atoms with Crippen LogP contribution in [0.1, 0.15) is 89.9 Å². The van der Waals surface area contributed by atoms with Crippen LogP contribution in [0.4, 0.5) is 5.69 Å². The number of rotatable bonds is 19. The predicted octanol–water partition coefficient (Wildman–Crippen LogP) is 7.73. The van der Waals surface area contributed by atoms with Crippen molar-refractivity contribution >= 4 is 23.5 Å². The van der Waals surface area contributed by atoms with Crippen LogP contribution in [0.25, 0.3) is 0 Å². The Balaban J connectivity index is 2.03. The van der Waals surface area contributed by atoms with Gasteiger partial charge in [0.25, 0.3) is 5.91 Å². The molecule has 1 amide bonds. The van der Waals surface area contributed by atoms with Crippen molar-refractivity contribution in [1.82, 2.24) is 0 Å². The molecular weight excluding hydrogens is 534 g/mol. The summed E-state index contributed by atoms with van der Waals surface area (Å²) >= 11 is 0. The van der Waals surface area contributed by atoms with Gasteiger partial charge in [-0.3, -0.25) is 4.79 Å². The number of hydrogen-bond acceptors (Lipinski definition) is 7. The summed E-state index contributed by atoms with van der Waals surface area (Å²) in [5.74, 6) is -1.14. The molecule has 0 radical (unpaired) electrons. The molecule has 8 nitrogen and oxygen atoms in total. The Hall–Kier alpha value is -3.81. The first-order chi connectivity index (χ1) is 20.2. The van der Waals surface area contributed by atoms with Gasteiger partial charge in [0.1, 0.15) is 5.75 Å². The molecule has 0 aliphatic rings. The molecule has 1 N–H and O–H groups in total. The van der Waals surface area contributed by atoms with Crippen LogP contribution in [0.3, 0.4) is 0 Å². The molecule has 0 atom stereocenters. The van der Waals surface area contributed by atoms with E-state index in [0.717, 1.165) is 18.9 Å². The third-order valence-electron chi connectivity index (χ3n) is 6.05. The van der Waals surface area contributed by atoms with Gasteiger partial charge in [-0.1, -0.05) is 85.3 Å². The molecule has 0 aliphatic carbocycles. The maximum Gasteiger partial charge on any atom is 0.374 e. The molecule has 0 bridgehead atoms. The van der Waals surface area contributed by atoms with Gasteiger partial charge in [0.15, 0.2) is 5.75 Å². The molecule has 0 saturated carbocycles. The van der Waals surface area contributed by atoms with E-state index in [9.17, 15) is 14.4 Å². The first kappa shape index (κ1) is 34.4. The van der Waals surface area contributed by atoms with E-state index in [1.807, 2.05) is 27.7 Å². The maximum atomic E-state index is 13.0. The molecule has 0 spiro atoms. The normalized spacial score (nSPS) is 11.4. The SMILES string of the molecule is CCCCCCCCCOc1ccc(C(=O)Nc2ccccc2O/C(=C\C(=O)OCC(C)C)C(=O)OCC(C)C)cc1. The van der Waals surface area contributed by atoms with Crippen LogP contribution in [-0.4, -0.2) is 37.7 Å². The van der Waals surface area contributed by atoms with Crippen molar-refractivity contribution in [3.8, 4) is 11.5 Å². The zero-order valence-corrected chi connectivity index (χ0v) is 25.8. The first-order valence-corrected chi connectivity index (χ1v) is 15.1. The van der Waals surface area contributed by atoms with Crippen molar-refractivity contribution in [3.63, 3.8) is 0 Å². The lowest BCUT2D eigenvalue weighted by atomic mass is 10.1. The fourth-order valence-corrected chi connectivity index (χ4v) is 3.76. The lowest BCUT2D eigenvalue weighted by Gasteiger charge is -2.15. The highest BCUT2D eigenvalue weighted by Gasteiger charge is 2.20. The predicted molar refractivity (Wildman–Crippen MR) is 165 cm³/mol. The van der Waals surface area contributed by atoms with E-state index in [4.69, 9.17) is 18.9 Å². The number of ether oxygens (including phenoxy) is 4. The van der Waals surface area contributed by atoms with Gasteiger partial charge < -0.3 is 24.3 Å². The van der Waals surface area contributed by atoms with Gasteiger partial charge >= 0.3 is 11.9 Å². The average Bonchev–Trinajstić information content (AvgIpc) is 2.97. The van der Waals surface area contributed by atoms with E-state index in [0.29, 0.717) is 23.6 Å². The zero-order chi connectivity index (χ0) is 30.7. The molecule has 0 heterocycles. The van der Waals surface area contributed by atoms with Crippen molar-refractivity contribution in [2.75, 3.05) is 25.1 Å². The Morgan fingerprint density at radius 1 is 0.786 bits per heavy atom. The fourth-order valence-electron chi connectivity index (χ4n) is 3.76. The lowest BCUT2D eigenvalue weighted by Crippen LogP contribution is -2.19. The summed E-state index contributed by atoms with van der Waals surface area (Å²) in [6, 6.07) is 13.6. The minimum atomic E-state index is -0.807. The molecule has 2 rings (SSSR count). The molecule has 0 aromatic heterocycles. The van der Waals surface area contributed by atoms with Gasteiger partial charge in [0.05, 0.1) is 31.6 Å². The number of carbonyl (C=O) groups is 3. The molecular formula is C34H47NO7. The molecule has 0 fully saturated rings. The van der Waals surface area contributed by atoms with Gasteiger partial charge in [-0.2, -0.15) is 0 Å². The summed E-state index contributed by atoms with van der Waals surface area (Å²) in [6.07, 6.45) is 9.47. The van der Waals surface area contributed by atoms with E-state index < -0.39 is 11.9 Å². The third-order valence-corrected chi connectivity index (χ3v) is 6.05. The quantitative estimate of drug-likeness (QED) is 0.0784. The third kappa shape index (κ3) is 13.7. The Bertz CT molecular complexity index is 1140. The highest BCUT2D eigenvalue weighted by molar-refractivity contribution is 6.05. The van der Waals surface area contributed by atoms with Crippen molar-refractivity contribution < 1.29 is 33.3 Å². The van der Waals surface area contributed by atoms with E-state index in [1.54, 1.807) is 48.5 Å². The number of benzene rings is 2. The molecule has 0 unspecified atom stereocenters. The summed E-state index contributed by atoms with van der Waals surface area (Å²) in [7, 11) is 0. The monoisotopic (exact) mass is 581 g/mol. The minimum absolute atomic E-state index is 0.0896. The first-order valence-electron chi connectivity index (χ1n) is 15.1. The largest absolute Gasteiger partial charge is 0.494 e. The number of carbonyl (C=O) groups excluding carboxylic acids is 3. The number of unbranched alkanes of at least 4 members (excludes halogenated alkanes) is 6. The number of nitrogens with one attached hydrogen (secondary N) is 1. The van der Waals surface area contributed by atoms with Crippen LogP contribution in [0.15, 0.2) is 60.4 Å². The lowest BCUT2D eigenvalue weighted by molar-refractivity contribution is -0.144. The number of para-hydroxylation sites is 2.